The van der Waals surface area contributed by atoms with Crippen molar-refractivity contribution in [1.29, 1.82) is 0 Å². The zero-order chi connectivity index (χ0) is 20.8. The first kappa shape index (κ1) is 21.0. The number of aliphatic hydroxyl groups is 1. The lowest BCUT2D eigenvalue weighted by Gasteiger charge is -2.24. The predicted molar refractivity (Wildman–Crippen MR) is 110 cm³/mol. The second kappa shape index (κ2) is 9.65. The minimum absolute atomic E-state index is 0.0244. The van der Waals surface area contributed by atoms with Crippen molar-refractivity contribution in [2.45, 2.75) is 19.8 Å². The first-order valence-electron chi connectivity index (χ1n) is 10.0. The molecule has 1 heterocycles. The molecule has 1 atom stereocenters. The minimum Gasteiger partial charge on any atom is -0.387 e. The molecule has 2 aromatic rings. The Morgan fingerprint density at radius 2 is 1.97 bits per heavy atom. The van der Waals surface area contributed by atoms with E-state index >= 15 is 0 Å². The molecule has 5 nitrogen and oxygen atoms in total. The number of amides is 2. The third-order valence-electron chi connectivity index (χ3n) is 5.32. The average Bonchev–Trinajstić information content (AvgIpc) is 2.88. The van der Waals surface area contributed by atoms with Crippen LogP contribution in [0.3, 0.4) is 0 Å². The molecule has 29 heavy (non-hydrogen) atoms. The number of nitrogens with zero attached hydrogens (tertiary/aromatic N) is 2. The summed E-state index contributed by atoms with van der Waals surface area (Å²) < 4.78 is 14.2. The van der Waals surface area contributed by atoms with Crippen molar-refractivity contribution in [1.82, 2.24) is 9.80 Å². The van der Waals surface area contributed by atoms with Crippen LogP contribution in [0.25, 0.3) is 11.1 Å². The molecule has 3 rings (SSSR count). The molecule has 154 valence electrons. The number of aliphatic hydroxyl groups excluding tert-OH is 1. The summed E-state index contributed by atoms with van der Waals surface area (Å²) in [5.74, 6) is -1.02. The van der Waals surface area contributed by atoms with Gasteiger partial charge < -0.3 is 14.9 Å². The highest BCUT2D eigenvalue weighted by atomic mass is 19.1. The molecule has 0 radical (unpaired) electrons. The first-order valence-corrected chi connectivity index (χ1v) is 10.0. The Bertz CT molecular complexity index is 871. The Morgan fingerprint density at radius 3 is 2.69 bits per heavy atom. The summed E-state index contributed by atoms with van der Waals surface area (Å²) in [7, 11) is 0. The molecule has 2 amide bonds. The Morgan fingerprint density at radius 1 is 1.17 bits per heavy atom. The normalized spacial score (nSPS) is 17.3. The van der Waals surface area contributed by atoms with Crippen LogP contribution in [0.1, 0.15) is 18.9 Å². The Labute approximate surface area is 170 Å². The second-order valence-corrected chi connectivity index (χ2v) is 7.40. The molecule has 1 N–H and O–H groups in total. The maximum Gasteiger partial charge on any atom is 0.248 e. The largest absolute Gasteiger partial charge is 0.387 e. The summed E-state index contributed by atoms with van der Waals surface area (Å²) in [5, 5.41) is 9.25. The number of benzene rings is 2. The lowest BCUT2D eigenvalue weighted by atomic mass is 9.94. The van der Waals surface area contributed by atoms with E-state index in [1.54, 1.807) is 28.0 Å². The predicted octanol–water partition coefficient (Wildman–Crippen LogP) is 2.72. The molecule has 2 aromatic carbocycles. The van der Waals surface area contributed by atoms with Crippen molar-refractivity contribution in [3.8, 4) is 11.1 Å². The molecule has 0 spiro atoms. The number of carbonyl (C=O) groups is 2. The first-order chi connectivity index (χ1) is 14.0. The van der Waals surface area contributed by atoms with Crippen LogP contribution in [0.4, 0.5) is 4.39 Å². The van der Waals surface area contributed by atoms with Crippen molar-refractivity contribution in [3.05, 3.63) is 59.9 Å². The average molecular weight is 398 g/mol. The summed E-state index contributed by atoms with van der Waals surface area (Å²) in [6, 6.07) is 14.1. The molecule has 0 saturated carbocycles. The van der Waals surface area contributed by atoms with E-state index in [1.165, 1.54) is 6.07 Å². The van der Waals surface area contributed by atoms with E-state index in [9.17, 15) is 19.1 Å². The fraction of sp³-hybridized carbons (Fsp3) is 0.391. The van der Waals surface area contributed by atoms with Crippen molar-refractivity contribution in [2.75, 3.05) is 32.8 Å². The summed E-state index contributed by atoms with van der Waals surface area (Å²) >= 11 is 0. The zero-order valence-electron chi connectivity index (χ0n) is 16.7. The fourth-order valence-electron chi connectivity index (χ4n) is 3.86. The van der Waals surface area contributed by atoms with E-state index in [4.69, 9.17) is 0 Å². The van der Waals surface area contributed by atoms with Gasteiger partial charge >= 0.3 is 0 Å². The molecule has 1 saturated heterocycles. The lowest BCUT2D eigenvalue weighted by molar-refractivity contribution is -0.135. The van der Waals surface area contributed by atoms with Crippen LogP contribution >= 0.6 is 0 Å². The fourth-order valence-corrected chi connectivity index (χ4v) is 3.86. The molecule has 0 bridgehead atoms. The van der Waals surface area contributed by atoms with E-state index in [0.29, 0.717) is 31.6 Å². The van der Waals surface area contributed by atoms with Gasteiger partial charge in [-0.3, -0.25) is 9.59 Å². The van der Waals surface area contributed by atoms with Gasteiger partial charge in [0.2, 0.25) is 11.8 Å². The van der Waals surface area contributed by atoms with Gasteiger partial charge in [0, 0.05) is 31.7 Å². The summed E-state index contributed by atoms with van der Waals surface area (Å²) in [6.45, 7) is 3.29. The summed E-state index contributed by atoms with van der Waals surface area (Å²) in [6.07, 6.45) is 1.30. The van der Waals surface area contributed by atoms with Gasteiger partial charge in [-0.2, -0.15) is 0 Å². The number of hydrogen-bond acceptors (Lipinski definition) is 3. The van der Waals surface area contributed by atoms with Gasteiger partial charge in [-0.25, -0.2) is 4.39 Å². The van der Waals surface area contributed by atoms with Gasteiger partial charge in [0.25, 0.3) is 0 Å². The number of carbonyl (C=O) groups excluding carboxylic acids is 2. The number of hydrogen-bond donors (Lipinski definition) is 1. The molecule has 0 unspecified atom stereocenters. The Hall–Kier alpha value is -2.73. The maximum atomic E-state index is 14.2. The molecule has 6 heteroatoms. The standard InChI is InChI=1S/C23H27FN2O3/c1-2-10-25-11-12-26(22(28)16-27)15-19(23(25)29)14-17-6-5-7-18(13-17)20-8-3-4-9-21(20)24/h3-9,13,19,27H,2,10-12,14-16H2,1H3/t19-/m1/s1. The van der Waals surface area contributed by atoms with Gasteiger partial charge in [-0.15, -0.1) is 0 Å². The van der Waals surface area contributed by atoms with E-state index in [2.05, 4.69) is 0 Å². The summed E-state index contributed by atoms with van der Waals surface area (Å²) in [4.78, 5) is 28.5. The summed E-state index contributed by atoms with van der Waals surface area (Å²) in [5.41, 5.74) is 2.19. The topological polar surface area (TPSA) is 60.9 Å². The van der Waals surface area contributed by atoms with Crippen LogP contribution in [0.2, 0.25) is 0 Å². The third-order valence-corrected chi connectivity index (χ3v) is 5.32. The van der Waals surface area contributed by atoms with Gasteiger partial charge in [-0.1, -0.05) is 49.4 Å². The van der Waals surface area contributed by atoms with Crippen LogP contribution in [0.5, 0.6) is 0 Å². The van der Waals surface area contributed by atoms with Crippen molar-refractivity contribution in [3.63, 3.8) is 0 Å². The Balaban J connectivity index is 1.85. The molecule has 1 fully saturated rings. The highest BCUT2D eigenvalue weighted by Crippen LogP contribution is 2.25. The lowest BCUT2D eigenvalue weighted by Crippen LogP contribution is -2.39. The Kier molecular flexibility index (Phi) is 6.99. The minimum atomic E-state index is -0.558. The van der Waals surface area contributed by atoms with Crippen LogP contribution in [-0.4, -0.2) is 59.5 Å². The molecule has 1 aliphatic rings. The molecule has 0 aromatic heterocycles. The monoisotopic (exact) mass is 398 g/mol. The van der Waals surface area contributed by atoms with Crippen LogP contribution in [-0.2, 0) is 16.0 Å². The molecule has 0 aliphatic carbocycles. The van der Waals surface area contributed by atoms with Gasteiger partial charge in [0.1, 0.15) is 12.4 Å². The van der Waals surface area contributed by atoms with E-state index in [0.717, 1.165) is 17.5 Å². The van der Waals surface area contributed by atoms with Gasteiger partial charge in [0.15, 0.2) is 0 Å². The number of rotatable bonds is 6. The zero-order valence-corrected chi connectivity index (χ0v) is 16.7. The highest BCUT2D eigenvalue weighted by molar-refractivity contribution is 5.82. The van der Waals surface area contributed by atoms with E-state index in [1.807, 2.05) is 31.2 Å². The maximum absolute atomic E-state index is 14.2. The quantitative estimate of drug-likeness (QED) is 0.814. The van der Waals surface area contributed by atoms with Crippen LogP contribution in [0, 0.1) is 11.7 Å². The highest BCUT2D eigenvalue weighted by Gasteiger charge is 2.31. The second-order valence-electron chi connectivity index (χ2n) is 7.40. The van der Waals surface area contributed by atoms with Gasteiger partial charge in [-0.05, 0) is 30.0 Å². The van der Waals surface area contributed by atoms with Crippen molar-refractivity contribution in [2.24, 2.45) is 5.92 Å². The number of halogens is 1. The van der Waals surface area contributed by atoms with Crippen molar-refractivity contribution < 1.29 is 19.1 Å². The molecular weight excluding hydrogens is 371 g/mol. The van der Waals surface area contributed by atoms with Crippen LogP contribution < -0.4 is 0 Å². The SMILES string of the molecule is CCCN1CCN(C(=O)CO)C[C@@H](Cc2cccc(-c3ccccc3F)c2)C1=O. The molecule has 1 aliphatic heterocycles. The van der Waals surface area contributed by atoms with Crippen molar-refractivity contribution >= 4 is 11.8 Å². The smallest absolute Gasteiger partial charge is 0.248 e. The molecular formula is C23H27FN2O3. The van der Waals surface area contributed by atoms with Crippen LogP contribution in [0.15, 0.2) is 48.5 Å². The third kappa shape index (κ3) is 5.01. The van der Waals surface area contributed by atoms with E-state index in [-0.39, 0.29) is 24.2 Å². The van der Waals surface area contributed by atoms with E-state index < -0.39 is 12.5 Å². The van der Waals surface area contributed by atoms with Gasteiger partial charge in [0.05, 0.1) is 5.92 Å².